The van der Waals surface area contributed by atoms with Gasteiger partial charge in [0.2, 0.25) is 17.6 Å². The van der Waals surface area contributed by atoms with Crippen molar-refractivity contribution in [1.82, 2.24) is 25.3 Å². The van der Waals surface area contributed by atoms with Gasteiger partial charge in [0.25, 0.3) is 0 Å². The first-order valence-electron chi connectivity index (χ1n) is 11.3. The summed E-state index contributed by atoms with van der Waals surface area (Å²) >= 11 is 0. The van der Waals surface area contributed by atoms with E-state index >= 15 is 0 Å². The van der Waals surface area contributed by atoms with Crippen LogP contribution in [0.5, 0.6) is 5.75 Å². The summed E-state index contributed by atoms with van der Waals surface area (Å²) in [4.78, 5) is 21.6. The Balaban J connectivity index is 1.22. The minimum Gasteiger partial charge on any atom is -0.497 e. The molecule has 0 radical (unpaired) electrons. The lowest BCUT2D eigenvalue weighted by Crippen LogP contribution is -2.43. The van der Waals surface area contributed by atoms with Crippen LogP contribution in [0.25, 0.3) is 11.4 Å². The van der Waals surface area contributed by atoms with Gasteiger partial charge in [0.1, 0.15) is 5.75 Å². The Kier molecular flexibility index (Phi) is 7.70. The topological polar surface area (TPSA) is 83.7 Å². The number of carbonyl (C=O) groups excluding carboxylic acids is 1. The van der Waals surface area contributed by atoms with Gasteiger partial charge in [-0.25, -0.2) is 0 Å². The van der Waals surface area contributed by atoms with Crippen molar-refractivity contribution in [3.05, 3.63) is 65.5 Å². The van der Waals surface area contributed by atoms with Gasteiger partial charge in [0.05, 0.1) is 7.11 Å². The van der Waals surface area contributed by atoms with E-state index in [-0.39, 0.29) is 5.91 Å². The Morgan fingerprint density at radius 3 is 2.61 bits per heavy atom. The van der Waals surface area contributed by atoms with Crippen LogP contribution in [0.3, 0.4) is 0 Å². The zero-order chi connectivity index (χ0) is 23.0. The summed E-state index contributed by atoms with van der Waals surface area (Å²) in [6.45, 7) is 5.86. The number of piperazine rings is 1. The lowest BCUT2D eigenvalue weighted by atomic mass is 10.1. The van der Waals surface area contributed by atoms with E-state index in [2.05, 4.69) is 50.5 Å². The molecule has 33 heavy (non-hydrogen) atoms. The van der Waals surface area contributed by atoms with E-state index in [0.717, 1.165) is 49.6 Å². The van der Waals surface area contributed by atoms with Crippen molar-refractivity contribution in [1.29, 1.82) is 0 Å². The molecular formula is C25H31N5O3. The fourth-order valence-corrected chi connectivity index (χ4v) is 3.83. The van der Waals surface area contributed by atoms with Gasteiger partial charge in [0, 0.05) is 57.7 Å². The highest BCUT2D eigenvalue weighted by molar-refractivity contribution is 5.76. The summed E-state index contributed by atoms with van der Waals surface area (Å²) in [5.74, 6) is 1.68. The second kappa shape index (κ2) is 11.1. The number of aromatic nitrogens is 2. The molecule has 0 bridgehead atoms. The first-order valence-corrected chi connectivity index (χ1v) is 11.3. The lowest BCUT2D eigenvalue weighted by molar-refractivity contribution is -0.121. The molecule has 0 atom stereocenters. The van der Waals surface area contributed by atoms with Crippen molar-refractivity contribution in [2.24, 2.45) is 0 Å². The fraction of sp³-hybridized carbons (Fsp3) is 0.400. The molecule has 1 aliphatic rings. The van der Waals surface area contributed by atoms with E-state index in [1.807, 2.05) is 30.3 Å². The average Bonchev–Trinajstić information content (AvgIpc) is 3.32. The van der Waals surface area contributed by atoms with Crippen LogP contribution in [0.2, 0.25) is 0 Å². The minimum absolute atomic E-state index is 0.0383. The first-order chi connectivity index (χ1) is 16.1. The highest BCUT2D eigenvalue weighted by atomic mass is 16.5. The monoisotopic (exact) mass is 449 g/mol. The van der Waals surface area contributed by atoms with E-state index in [1.165, 1.54) is 5.56 Å². The zero-order valence-corrected chi connectivity index (χ0v) is 19.3. The Labute approximate surface area is 194 Å². The maximum atomic E-state index is 12.3. The molecular weight excluding hydrogens is 418 g/mol. The van der Waals surface area contributed by atoms with Crippen LogP contribution < -0.4 is 10.1 Å². The highest BCUT2D eigenvalue weighted by Crippen LogP contribution is 2.20. The van der Waals surface area contributed by atoms with Crippen molar-refractivity contribution >= 4 is 5.91 Å². The molecule has 0 spiro atoms. The molecule has 1 saturated heterocycles. The number of methoxy groups -OCH3 is 1. The highest BCUT2D eigenvalue weighted by Gasteiger charge is 2.14. The number of likely N-dealkylation sites (N-methyl/N-ethyl adjacent to an activating group) is 1. The Morgan fingerprint density at radius 2 is 1.85 bits per heavy atom. The molecule has 1 aliphatic heterocycles. The molecule has 8 heteroatoms. The van der Waals surface area contributed by atoms with E-state index in [1.54, 1.807) is 7.11 Å². The Bertz CT molecular complexity index is 1040. The number of ether oxygens (including phenoxy) is 1. The van der Waals surface area contributed by atoms with E-state index in [9.17, 15) is 4.79 Å². The molecule has 1 N–H and O–H groups in total. The van der Waals surface area contributed by atoms with Crippen molar-refractivity contribution in [2.45, 2.75) is 25.9 Å². The number of nitrogens with one attached hydrogen (secondary N) is 1. The fourth-order valence-electron chi connectivity index (χ4n) is 3.83. The first kappa shape index (κ1) is 22.9. The number of amides is 1. The molecule has 1 fully saturated rings. The molecule has 8 nitrogen and oxygen atoms in total. The summed E-state index contributed by atoms with van der Waals surface area (Å²) < 4.78 is 10.5. The number of aryl methyl sites for hydroxylation is 1. The maximum absolute atomic E-state index is 12.3. The van der Waals surface area contributed by atoms with E-state index in [0.29, 0.717) is 31.1 Å². The SMILES string of the molecule is COc1ccc(-c2noc(CCC(=O)NCc3cccc(CN4CCN(C)CC4)c3)n2)cc1. The molecule has 4 rings (SSSR count). The predicted octanol–water partition coefficient (Wildman–Crippen LogP) is 2.74. The second-order valence-corrected chi connectivity index (χ2v) is 8.42. The van der Waals surface area contributed by atoms with Crippen molar-refractivity contribution in [3.63, 3.8) is 0 Å². The Hall–Kier alpha value is -3.23. The molecule has 0 saturated carbocycles. The van der Waals surface area contributed by atoms with Crippen LogP contribution in [-0.4, -0.2) is 66.2 Å². The van der Waals surface area contributed by atoms with E-state index < -0.39 is 0 Å². The third-order valence-corrected chi connectivity index (χ3v) is 5.87. The van der Waals surface area contributed by atoms with Crippen LogP contribution in [0, 0.1) is 0 Å². The zero-order valence-electron chi connectivity index (χ0n) is 19.3. The van der Waals surface area contributed by atoms with E-state index in [4.69, 9.17) is 9.26 Å². The quantitative estimate of drug-likeness (QED) is 0.538. The third kappa shape index (κ3) is 6.63. The van der Waals surface area contributed by atoms with Crippen LogP contribution in [0.15, 0.2) is 53.1 Å². The maximum Gasteiger partial charge on any atom is 0.227 e. The lowest BCUT2D eigenvalue weighted by Gasteiger charge is -2.32. The number of carbonyl (C=O) groups is 1. The van der Waals surface area contributed by atoms with Gasteiger partial charge in [0.15, 0.2) is 0 Å². The van der Waals surface area contributed by atoms with Gasteiger partial charge in [-0.15, -0.1) is 0 Å². The predicted molar refractivity (Wildman–Crippen MR) is 126 cm³/mol. The number of rotatable bonds is 9. The van der Waals surface area contributed by atoms with Crippen molar-refractivity contribution in [3.8, 4) is 17.1 Å². The molecule has 3 aromatic rings. The normalized spacial score (nSPS) is 14.8. The number of hydrogen-bond acceptors (Lipinski definition) is 7. The summed E-state index contributed by atoms with van der Waals surface area (Å²) in [5, 5.41) is 7.00. The number of benzene rings is 2. The van der Waals surface area contributed by atoms with Crippen LogP contribution in [0.1, 0.15) is 23.4 Å². The van der Waals surface area contributed by atoms with Crippen LogP contribution >= 0.6 is 0 Å². The summed E-state index contributed by atoms with van der Waals surface area (Å²) in [6.07, 6.45) is 0.698. The number of nitrogens with zero attached hydrogens (tertiary/aromatic N) is 4. The standard InChI is InChI=1S/C25H31N5O3/c1-29-12-14-30(15-13-29)18-20-5-3-4-19(16-20)17-26-23(31)10-11-24-27-25(28-33-24)21-6-8-22(32-2)9-7-21/h3-9,16H,10-15,17-18H2,1-2H3,(H,26,31). The molecule has 2 aromatic carbocycles. The van der Waals surface area contributed by atoms with Crippen LogP contribution in [-0.2, 0) is 24.3 Å². The third-order valence-electron chi connectivity index (χ3n) is 5.87. The summed E-state index contributed by atoms with van der Waals surface area (Å²) in [5.41, 5.74) is 3.23. The summed E-state index contributed by atoms with van der Waals surface area (Å²) in [6, 6.07) is 15.9. The minimum atomic E-state index is -0.0383. The van der Waals surface area contributed by atoms with Crippen molar-refractivity contribution < 1.29 is 14.1 Å². The van der Waals surface area contributed by atoms with Gasteiger partial charge in [-0.3, -0.25) is 9.69 Å². The van der Waals surface area contributed by atoms with Gasteiger partial charge in [-0.1, -0.05) is 29.4 Å². The average molecular weight is 450 g/mol. The molecule has 1 amide bonds. The van der Waals surface area contributed by atoms with Crippen molar-refractivity contribution in [2.75, 3.05) is 40.3 Å². The van der Waals surface area contributed by atoms with Gasteiger partial charge >= 0.3 is 0 Å². The molecule has 174 valence electrons. The smallest absolute Gasteiger partial charge is 0.227 e. The van der Waals surface area contributed by atoms with Crippen LogP contribution in [0.4, 0.5) is 0 Å². The Morgan fingerprint density at radius 1 is 1.09 bits per heavy atom. The van der Waals surface area contributed by atoms with Gasteiger partial charge < -0.3 is 19.5 Å². The molecule has 1 aromatic heterocycles. The number of hydrogen-bond donors (Lipinski definition) is 1. The van der Waals surface area contributed by atoms with Gasteiger partial charge in [-0.05, 0) is 42.4 Å². The molecule has 2 heterocycles. The molecule has 0 unspecified atom stereocenters. The summed E-state index contributed by atoms with van der Waals surface area (Å²) in [7, 11) is 3.79. The molecule has 0 aliphatic carbocycles. The second-order valence-electron chi connectivity index (χ2n) is 8.42. The largest absolute Gasteiger partial charge is 0.497 e. The van der Waals surface area contributed by atoms with Gasteiger partial charge in [-0.2, -0.15) is 4.98 Å².